The number of carbonyl (C=O) groups excluding carboxylic acids is 3. The van der Waals surface area contributed by atoms with Crippen molar-refractivity contribution in [3.63, 3.8) is 0 Å². The second kappa shape index (κ2) is 10.9. The lowest BCUT2D eigenvalue weighted by Gasteiger charge is -2.19. The summed E-state index contributed by atoms with van der Waals surface area (Å²) < 4.78 is 0. The highest BCUT2D eigenvalue weighted by molar-refractivity contribution is 6.39. The van der Waals surface area contributed by atoms with E-state index in [2.05, 4.69) is 16.0 Å². The molecular formula is C16H22Cl2N4O3. The first-order chi connectivity index (χ1) is 11.9. The molecule has 0 aliphatic heterocycles. The van der Waals surface area contributed by atoms with Gasteiger partial charge in [-0.3, -0.25) is 19.8 Å². The lowest BCUT2D eigenvalue weighted by molar-refractivity contribution is -0.122. The van der Waals surface area contributed by atoms with Crippen LogP contribution in [0, 0.1) is 0 Å². The van der Waals surface area contributed by atoms with Crippen LogP contribution in [0.15, 0.2) is 18.2 Å². The Labute approximate surface area is 157 Å². The van der Waals surface area contributed by atoms with E-state index in [0.29, 0.717) is 28.8 Å². The summed E-state index contributed by atoms with van der Waals surface area (Å²) in [4.78, 5) is 37.0. The number of hydrogen-bond acceptors (Lipinski definition) is 4. The van der Waals surface area contributed by atoms with E-state index in [4.69, 9.17) is 23.2 Å². The number of nitrogens with one attached hydrogen (secondary N) is 3. The number of benzene rings is 1. The first-order valence-electron chi connectivity index (χ1n) is 7.91. The van der Waals surface area contributed by atoms with E-state index in [-0.39, 0.29) is 19.0 Å². The standard InChI is InChI=1S/C16H22Cl2N4O3/c1-3-8-19-16(25)21-14(24)10-22(4-2)9-13(23)20-15-11(17)6-5-7-12(15)18/h5-7H,3-4,8-10H2,1-2H3,(H,20,23)(H2,19,21,24,25). The molecule has 7 nitrogen and oxygen atoms in total. The minimum atomic E-state index is -0.546. The maximum atomic E-state index is 12.2. The predicted octanol–water partition coefficient (Wildman–Crippen LogP) is 2.49. The third-order valence-corrected chi connectivity index (χ3v) is 3.83. The number of imide groups is 1. The Morgan fingerprint density at radius 2 is 1.64 bits per heavy atom. The Morgan fingerprint density at radius 3 is 2.20 bits per heavy atom. The summed E-state index contributed by atoms with van der Waals surface area (Å²) in [6.07, 6.45) is 0.771. The number of halogens is 2. The summed E-state index contributed by atoms with van der Waals surface area (Å²) in [7, 11) is 0. The maximum absolute atomic E-state index is 12.2. The van der Waals surface area contributed by atoms with Crippen LogP contribution >= 0.6 is 23.2 Å². The van der Waals surface area contributed by atoms with Crippen molar-refractivity contribution >= 4 is 46.7 Å². The molecule has 0 fully saturated rings. The number of likely N-dealkylation sites (N-methyl/N-ethyl adjacent to an activating group) is 1. The van der Waals surface area contributed by atoms with Gasteiger partial charge in [0.1, 0.15) is 0 Å². The van der Waals surface area contributed by atoms with Crippen molar-refractivity contribution in [3.05, 3.63) is 28.2 Å². The smallest absolute Gasteiger partial charge is 0.321 e. The van der Waals surface area contributed by atoms with E-state index in [1.807, 2.05) is 6.92 Å². The van der Waals surface area contributed by atoms with E-state index in [0.717, 1.165) is 6.42 Å². The molecular weight excluding hydrogens is 367 g/mol. The number of urea groups is 1. The third kappa shape index (κ3) is 7.72. The van der Waals surface area contributed by atoms with Gasteiger partial charge in [0.15, 0.2) is 0 Å². The van der Waals surface area contributed by atoms with E-state index in [1.165, 1.54) is 0 Å². The van der Waals surface area contributed by atoms with Gasteiger partial charge in [-0.05, 0) is 25.1 Å². The van der Waals surface area contributed by atoms with Crippen molar-refractivity contribution in [1.29, 1.82) is 0 Å². The number of para-hydroxylation sites is 1. The average Bonchev–Trinajstić information content (AvgIpc) is 2.55. The van der Waals surface area contributed by atoms with Crippen LogP contribution in [-0.2, 0) is 9.59 Å². The topological polar surface area (TPSA) is 90.5 Å². The van der Waals surface area contributed by atoms with Crippen LogP contribution in [-0.4, -0.2) is 48.9 Å². The highest BCUT2D eigenvalue weighted by Crippen LogP contribution is 2.29. The van der Waals surface area contributed by atoms with Crippen LogP contribution in [0.1, 0.15) is 20.3 Å². The molecule has 0 atom stereocenters. The highest BCUT2D eigenvalue weighted by atomic mass is 35.5. The zero-order chi connectivity index (χ0) is 18.8. The molecule has 0 saturated heterocycles. The van der Waals surface area contributed by atoms with E-state index >= 15 is 0 Å². The molecule has 0 heterocycles. The zero-order valence-corrected chi connectivity index (χ0v) is 15.7. The van der Waals surface area contributed by atoms with Crippen molar-refractivity contribution in [2.24, 2.45) is 0 Å². The van der Waals surface area contributed by atoms with Crippen LogP contribution in [0.2, 0.25) is 10.0 Å². The van der Waals surface area contributed by atoms with E-state index < -0.39 is 11.9 Å². The molecule has 0 aromatic heterocycles. The molecule has 25 heavy (non-hydrogen) atoms. The number of carbonyl (C=O) groups is 3. The van der Waals surface area contributed by atoms with Crippen molar-refractivity contribution in [3.8, 4) is 0 Å². The molecule has 0 spiro atoms. The van der Waals surface area contributed by atoms with Crippen molar-refractivity contribution in [2.75, 3.05) is 31.5 Å². The number of rotatable bonds is 8. The Bertz CT molecular complexity index is 605. The summed E-state index contributed by atoms with van der Waals surface area (Å²) in [5.74, 6) is -0.848. The Morgan fingerprint density at radius 1 is 1.04 bits per heavy atom. The van der Waals surface area contributed by atoms with Gasteiger partial charge in [0, 0.05) is 6.54 Å². The summed E-state index contributed by atoms with van der Waals surface area (Å²) >= 11 is 12.0. The monoisotopic (exact) mass is 388 g/mol. The predicted molar refractivity (Wildman–Crippen MR) is 99.0 cm³/mol. The fourth-order valence-corrected chi connectivity index (χ4v) is 2.42. The van der Waals surface area contributed by atoms with Gasteiger partial charge in [0.2, 0.25) is 11.8 Å². The quantitative estimate of drug-likeness (QED) is 0.637. The highest BCUT2D eigenvalue weighted by Gasteiger charge is 2.16. The number of anilines is 1. The first kappa shape index (κ1) is 21.2. The molecule has 0 unspecified atom stereocenters. The Kier molecular flexibility index (Phi) is 9.26. The zero-order valence-electron chi connectivity index (χ0n) is 14.2. The van der Waals surface area contributed by atoms with Gasteiger partial charge in [-0.15, -0.1) is 0 Å². The average molecular weight is 389 g/mol. The van der Waals surface area contributed by atoms with Gasteiger partial charge in [0.25, 0.3) is 0 Å². The molecule has 0 aliphatic carbocycles. The van der Waals surface area contributed by atoms with Gasteiger partial charge in [-0.2, -0.15) is 0 Å². The molecule has 1 aromatic rings. The molecule has 1 aromatic carbocycles. The fraction of sp³-hybridized carbons (Fsp3) is 0.438. The van der Waals surface area contributed by atoms with Gasteiger partial charge in [0.05, 0.1) is 28.8 Å². The van der Waals surface area contributed by atoms with Crippen LogP contribution in [0.25, 0.3) is 0 Å². The summed E-state index contributed by atoms with van der Waals surface area (Å²) in [6, 6.07) is 4.36. The number of hydrogen-bond donors (Lipinski definition) is 3. The van der Waals surface area contributed by atoms with Gasteiger partial charge in [-0.25, -0.2) is 4.79 Å². The van der Waals surface area contributed by atoms with Crippen LogP contribution in [0.5, 0.6) is 0 Å². The Balaban J connectivity index is 2.53. The second-order valence-electron chi connectivity index (χ2n) is 5.25. The van der Waals surface area contributed by atoms with Crippen molar-refractivity contribution < 1.29 is 14.4 Å². The first-order valence-corrected chi connectivity index (χ1v) is 8.66. The molecule has 9 heteroatoms. The number of nitrogens with zero attached hydrogens (tertiary/aromatic N) is 1. The second-order valence-corrected chi connectivity index (χ2v) is 6.07. The lowest BCUT2D eigenvalue weighted by atomic mass is 10.3. The minimum Gasteiger partial charge on any atom is -0.338 e. The number of amides is 4. The lowest BCUT2D eigenvalue weighted by Crippen LogP contribution is -2.46. The molecule has 138 valence electrons. The maximum Gasteiger partial charge on any atom is 0.321 e. The molecule has 0 saturated carbocycles. The Hall–Kier alpha value is -1.83. The summed E-state index contributed by atoms with van der Waals surface area (Å²) in [5.41, 5.74) is 0.329. The van der Waals surface area contributed by atoms with Crippen LogP contribution < -0.4 is 16.0 Å². The van der Waals surface area contributed by atoms with Gasteiger partial charge >= 0.3 is 6.03 Å². The van der Waals surface area contributed by atoms with E-state index in [9.17, 15) is 14.4 Å². The third-order valence-electron chi connectivity index (χ3n) is 3.20. The minimum absolute atomic E-state index is 0.0396. The molecule has 3 N–H and O–H groups in total. The van der Waals surface area contributed by atoms with Crippen LogP contribution in [0.4, 0.5) is 10.5 Å². The SMILES string of the molecule is CCCNC(=O)NC(=O)CN(CC)CC(=O)Nc1c(Cl)cccc1Cl. The largest absolute Gasteiger partial charge is 0.338 e. The van der Waals surface area contributed by atoms with Crippen LogP contribution in [0.3, 0.4) is 0 Å². The normalized spacial score (nSPS) is 10.4. The van der Waals surface area contributed by atoms with Crippen molar-refractivity contribution in [2.45, 2.75) is 20.3 Å². The molecule has 0 radical (unpaired) electrons. The molecule has 4 amide bonds. The molecule has 0 aliphatic rings. The van der Waals surface area contributed by atoms with Gasteiger partial charge < -0.3 is 10.6 Å². The molecule has 1 rings (SSSR count). The fourth-order valence-electron chi connectivity index (χ4n) is 1.93. The van der Waals surface area contributed by atoms with Crippen molar-refractivity contribution in [1.82, 2.24) is 15.5 Å². The van der Waals surface area contributed by atoms with Gasteiger partial charge in [-0.1, -0.05) is 43.1 Å². The molecule has 0 bridgehead atoms. The summed E-state index contributed by atoms with van der Waals surface area (Å²) in [5, 5.41) is 8.04. The van der Waals surface area contributed by atoms with E-state index in [1.54, 1.807) is 30.0 Å². The summed E-state index contributed by atoms with van der Waals surface area (Å²) in [6.45, 7) is 4.53.